The van der Waals surface area contributed by atoms with E-state index >= 15 is 0 Å². The van der Waals surface area contributed by atoms with E-state index < -0.39 is 12.0 Å². The second-order valence-electron chi connectivity index (χ2n) is 4.93. The standard InChI is InChI=1S/C14H20N2O2/c1-16-9-7-12(8-10-16)15-13(14(17)18)11-5-3-2-4-6-11/h2-6,12-13,15H,7-10H2,1H3,(H,17,18). The fourth-order valence-electron chi connectivity index (χ4n) is 2.37. The van der Waals surface area contributed by atoms with E-state index in [1.165, 1.54) is 0 Å². The van der Waals surface area contributed by atoms with E-state index in [4.69, 9.17) is 0 Å². The van der Waals surface area contributed by atoms with Crippen molar-refractivity contribution in [3.8, 4) is 0 Å². The SMILES string of the molecule is CN1CCC(NC(C(=O)O)c2ccccc2)CC1. The molecule has 4 heteroatoms. The van der Waals surface area contributed by atoms with E-state index in [0.29, 0.717) is 6.04 Å². The Morgan fingerprint density at radius 1 is 1.33 bits per heavy atom. The van der Waals surface area contributed by atoms with Gasteiger partial charge >= 0.3 is 5.97 Å². The van der Waals surface area contributed by atoms with Crippen LogP contribution in [0.4, 0.5) is 0 Å². The van der Waals surface area contributed by atoms with Gasteiger partial charge in [0.1, 0.15) is 6.04 Å². The van der Waals surface area contributed by atoms with Gasteiger partial charge in [0.05, 0.1) is 0 Å². The minimum Gasteiger partial charge on any atom is -0.480 e. The van der Waals surface area contributed by atoms with Crippen LogP contribution in [-0.2, 0) is 4.79 Å². The Kier molecular flexibility index (Phi) is 4.33. The number of hydrogen-bond donors (Lipinski definition) is 2. The molecule has 1 heterocycles. The molecule has 1 saturated heterocycles. The average molecular weight is 248 g/mol. The molecule has 0 amide bonds. The summed E-state index contributed by atoms with van der Waals surface area (Å²) in [7, 11) is 2.10. The monoisotopic (exact) mass is 248 g/mol. The molecule has 0 bridgehead atoms. The maximum Gasteiger partial charge on any atom is 0.325 e. The van der Waals surface area contributed by atoms with Crippen LogP contribution in [0.5, 0.6) is 0 Å². The first-order valence-electron chi connectivity index (χ1n) is 6.39. The van der Waals surface area contributed by atoms with Crippen molar-refractivity contribution in [1.29, 1.82) is 0 Å². The van der Waals surface area contributed by atoms with Gasteiger partial charge in [0.2, 0.25) is 0 Å². The summed E-state index contributed by atoms with van der Waals surface area (Å²) in [6, 6.07) is 9.07. The molecule has 0 spiro atoms. The molecule has 0 aromatic heterocycles. The van der Waals surface area contributed by atoms with Crippen LogP contribution in [0.1, 0.15) is 24.4 Å². The summed E-state index contributed by atoms with van der Waals surface area (Å²) in [4.78, 5) is 13.6. The van der Waals surface area contributed by atoms with Gasteiger partial charge in [-0.15, -0.1) is 0 Å². The number of nitrogens with zero attached hydrogens (tertiary/aromatic N) is 1. The molecule has 4 nitrogen and oxygen atoms in total. The normalized spacial score (nSPS) is 19.6. The molecular weight excluding hydrogens is 228 g/mol. The van der Waals surface area contributed by atoms with E-state index in [1.807, 2.05) is 30.3 Å². The van der Waals surface area contributed by atoms with Crippen molar-refractivity contribution < 1.29 is 9.90 Å². The van der Waals surface area contributed by atoms with Crippen molar-refractivity contribution in [3.63, 3.8) is 0 Å². The first-order valence-corrected chi connectivity index (χ1v) is 6.39. The lowest BCUT2D eigenvalue weighted by Crippen LogP contribution is -2.44. The van der Waals surface area contributed by atoms with Gasteiger partial charge < -0.3 is 10.0 Å². The molecule has 1 unspecified atom stereocenters. The number of benzene rings is 1. The number of likely N-dealkylation sites (tertiary alicyclic amines) is 1. The summed E-state index contributed by atoms with van der Waals surface area (Å²) in [6.45, 7) is 2.05. The van der Waals surface area contributed by atoms with Gasteiger partial charge in [0.15, 0.2) is 0 Å². The van der Waals surface area contributed by atoms with Crippen LogP contribution in [0.3, 0.4) is 0 Å². The number of carbonyl (C=O) groups is 1. The third kappa shape index (κ3) is 3.31. The van der Waals surface area contributed by atoms with Gasteiger partial charge in [0, 0.05) is 6.04 Å². The van der Waals surface area contributed by atoms with Crippen LogP contribution in [-0.4, -0.2) is 42.2 Å². The summed E-state index contributed by atoms with van der Waals surface area (Å²) in [5.41, 5.74) is 0.823. The number of carboxylic acid groups (broad SMARTS) is 1. The van der Waals surface area contributed by atoms with E-state index in [2.05, 4.69) is 17.3 Å². The number of piperidine rings is 1. The van der Waals surface area contributed by atoms with Crippen molar-refractivity contribution in [3.05, 3.63) is 35.9 Å². The molecular formula is C14H20N2O2. The van der Waals surface area contributed by atoms with Crippen LogP contribution in [0.15, 0.2) is 30.3 Å². The molecule has 1 atom stereocenters. The Morgan fingerprint density at radius 3 is 2.50 bits per heavy atom. The maximum absolute atomic E-state index is 11.4. The quantitative estimate of drug-likeness (QED) is 0.848. The molecule has 98 valence electrons. The lowest BCUT2D eigenvalue weighted by atomic mass is 10.0. The van der Waals surface area contributed by atoms with Crippen molar-refractivity contribution >= 4 is 5.97 Å². The Hall–Kier alpha value is -1.39. The molecule has 2 N–H and O–H groups in total. The topological polar surface area (TPSA) is 52.6 Å². The molecule has 0 aliphatic carbocycles. The van der Waals surface area contributed by atoms with E-state index in [9.17, 15) is 9.90 Å². The Bertz CT molecular complexity index is 386. The summed E-state index contributed by atoms with van der Waals surface area (Å²) in [6.07, 6.45) is 2.01. The zero-order valence-corrected chi connectivity index (χ0v) is 10.7. The number of rotatable bonds is 4. The third-order valence-corrected chi connectivity index (χ3v) is 3.50. The predicted octanol–water partition coefficient (Wildman–Crippen LogP) is 1.50. The Morgan fingerprint density at radius 2 is 1.94 bits per heavy atom. The van der Waals surface area contributed by atoms with Crippen molar-refractivity contribution in [2.24, 2.45) is 0 Å². The van der Waals surface area contributed by atoms with Gasteiger partial charge in [-0.05, 0) is 38.5 Å². The number of nitrogens with one attached hydrogen (secondary N) is 1. The van der Waals surface area contributed by atoms with Gasteiger partial charge in [-0.3, -0.25) is 10.1 Å². The van der Waals surface area contributed by atoms with Crippen molar-refractivity contribution in [1.82, 2.24) is 10.2 Å². The van der Waals surface area contributed by atoms with Crippen LogP contribution in [0.2, 0.25) is 0 Å². The molecule has 18 heavy (non-hydrogen) atoms. The highest BCUT2D eigenvalue weighted by atomic mass is 16.4. The zero-order valence-electron chi connectivity index (χ0n) is 10.7. The average Bonchev–Trinajstić information content (AvgIpc) is 2.38. The van der Waals surface area contributed by atoms with Gasteiger partial charge in [-0.25, -0.2) is 0 Å². The first kappa shape index (κ1) is 13.1. The molecule has 0 saturated carbocycles. The van der Waals surface area contributed by atoms with Gasteiger partial charge in [-0.2, -0.15) is 0 Å². The minimum absolute atomic E-state index is 0.294. The third-order valence-electron chi connectivity index (χ3n) is 3.50. The van der Waals surface area contributed by atoms with E-state index in [0.717, 1.165) is 31.5 Å². The van der Waals surface area contributed by atoms with Crippen LogP contribution in [0, 0.1) is 0 Å². The molecule has 1 aliphatic rings. The number of aliphatic carboxylic acids is 1. The van der Waals surface area contributed by atoms with Crippen molar-refractivity contribution in [2.75, 3.05) is 20.1 Å². The summed E-state index contributed by atoms with van der Waals surface area (Å²) < 4.78 is 0. The van der Waals surface area contributed by atoms with Gasteiger partial charge in [-0.1, -0.05) is 30.3 Å². The van der Waals surface area contributed by atoms with E-state index in [-0.39, 0.29) is 0 Å². The highest BCUT2D eigenvalue weighted by Gasteiger charge is 2.25. The molecule has 1 aromatic rings. The lowest BCUT2D eigenvalue weighted by molar-refractivity contribution is -0.140. The fourth-order valence-corrected chi connectivity index (χ4v) is 2.37. The first-order chi connectivity index (χ1) is 8.66. The highest BCUT2D eigenvalue weighted by Crippen LogP contribution is 2.17. The second kappa shape index (κ2) is 5.98. The Labute approximate surface area is 108 Å². The van der Waals surface area contributed by atoms with E-state index in [1.54, 1.807) is 0 Å². The second-order valence-corrected chi connectivity index (χ2v) is 4.93. The molecule has 1 aliphatic heterocycles. The number of hydrogen-bond acceptors (Lipinski definition) is 3. The van der Waals surface area contributed by atoms with Gasteiger partial charge in [0.25, 0.3) is 0 Å². The molecule has 0 radical (unpaired) electrons. The predicted molar refractivity (Wildman–Crippen MR) is 70.5 cm³/mol. The molecule has 2 rings (SSSR count). The fraction of sp³-hybridized carbons (Fsp3) is 0.500. The van der Waals surface area contributed by atoms with Crippen LogP contribution < -0.4 is 5.32 Å². The summed E-state index contributed by atoms with van der Waals surface area (Å²) in [5, 5.41) is 12.6. The number of carboxylic acids is 1. The maximum atomic E-state index is 11.4. The summed E-state index contributed by atoms with van der Waals surface area (Å²) in [5.74, 6) is -0.805. The molecule has 1 fully saturated rings. The van der Waals surface area contributed by atoms with Crippen LogP contribution in [0.25, 0.3) is 0 Å². The van der Waals surface area contributed by atoms with Crippen LogP contribution >= 0.6 is 0 Å². The Balaban J connectivity index is 2.01. The lowest BCUT2D eigenvalue weighted by Gasteiger charge is -2.31. The summed E-state index contributed by atoms with van der Waals surface area (Å²) >= 11 is 0. The zero-order chi connectivity index (χ0) is 13.0. The minimum atomic E-state index is -0.805. The largest absolute Gasteiger partial charge is 0.480 e. The smallest absolute Gasteiger partial charge is 0.325 e. The highest BCUT2D eigenvalue weighted by molar-refractivity contribution is 5.75. The molecule has 1 aromatic carbocycles. The van der Waals surface area contributed by atoms with Crippen molar-refractivity contribution in [2.45, 2.75) is 24.9 Å².